The van der Waals surface area contributed by atoms with Gasteiger partial charge in [0.1, 0.15) is 5.82 Å². The van der Waals surface area contributed by atoms with E-state index in [0.29, 0.717) is 59.0 Å². The number of alkyl halides is 3. The largest absolute Gasteiger partial charge is 0.417 e. The fraction of sp³-hybridized carbons (Fsp3) is 0.429. The number of piperazine rings is 1. The van der Waals surface area contributed by atoms with Crippen LogP contribution in [0.4, 0.5) is 19.0 Å². The van der Waals surface area contributed by atoms with Gasteiger partial charge in [-0.3, -0.25) is 4.57 Å². The van der Waals surface area contributed by atoms with Gasteiger partial charge in [-0.1, -0.05) is 36.4 Å². The molecule has 2 aliphatic rings. The van der Waals surface area contributed by atoms with Crippen molar-refractivity contribution in [2.75, 3.05) is 23.7 Å². The zero-order valence-electron chi connectivity index (χ0n) is 21.5. The maximum atomic E-state index is 14.7. The van der Waals surface area contributed by atoms with Crippen molar-refractivity contribution in [2.45, 2.75) is 63.8 Å². The molecular weight excluding hydrogens is 497 g/mol. The number of hydrogen-bond acceptors (Lipinski definition) is 5. The molecular formula is C28H31F3N4OS. The number of nitrogens with zero attached hydrogens (tertiary/aromatic N) is 4. The minimum atomic E-state index is -4.57. The molecule has 1 fully saturated rings. The minimum Gasteiger partial charge on any atom is -0.367 e. The molecule has 3 heterocycles. The van der Waals surface area contributed by atoms with Crippen molar-refractivity contribution in [2.24, 2.45) is 0 Å². The highest BCUT2D eigenvalue weighted by molar-refractivity contribution is 7.99. The molecule has 0 radical (unpaired) electrons. The Hall–Kier alpha value is -2.94. The molecule has 2 aliphatic heterocycles. The van der Waals surface area contributed by atoms with Gasteiger partial charge in [0, 0.05) is 53.3 Å². The van der Waals surface area contributed by atoms with E-state index in [4.69, 9.17) is 0 Å². The summed E-state index contributed by atoms with van der Waals surface area (Å²) in [5.74, 6) is 0.956. The highest BCUT2D eigenvalue weighted by atomic mass is 32.2. The molecule has 2 aromatic carbocycles. The van der Waals surface area contributed by atoms with Crippen molar-refractivity contribution in [3.63, 3.8) is 0 Å². The van der Waals surface area contributed by atoms with E-state index < -0.39 is 17.4 Å². The number of aryl methyl sites for hydroxylation is 2. The summed E-state index contributed by atoms with van der Waals surface area (Å²) in [6.07, 6.45) is -3.90. The van der Waals surface area contributed by atoms with Crippen LogP contribution in [0.3, 0.4) is 0 Å². The topological polar surface area (TPSA) is 41.4 Å². The second kappa shape index (κ2) is 9.42. The van der Waals surface area contributed by atoms with E-state index in [1.165, 1.54) is 17.8 Å². The second-order valence-corrected chi connectivity index (χ2v) is 11.3. The summed E-state index contributed by atoms with van der Waals surface area (Å²) < 4.78 is 45.6. The standard InChI is InChI=1S/C28H31F3N4OS/c1-16(2)35-18(4)14-33(15-19(35)5)26-21-13-22(28(29,30)31)23(20-9-7-17(3)8-10-20)25-24(21)34(27(36)32-26)11-6-12-37-25/h7-10,13,18-19H,1,6,11-12,14-15H2,2-5H3. The molecule has 1 aromatic heterocycles. The maximum Gasteiger partial charge on any atom is 0.417 e. The van der Waals surface area contributed by atoms with E-state index in [-0.39, 0.29) is 17.6 Å². The Morgan fingerprint density at radius 1 is 1.14 bits per heavy atom. The number of benzene rings is 2. The van der Waals surface area contributed by atoms with Gasteiger partial charge in [-0.25, -0.2) is 4.79 Å². The predicted molar refractivity (Wildman–Crippen MR) is 144 cm³/mol. The van der Waals surface area contributed by atoms with Crippen LogP contribution in [0.1, 0.15) is 38.3 Å². The van der Waals surface area contributed by atoms with E-state index in [1.54, 1.807) is 16.7 Å². The molecule has 0 saturated carbocycles. The Labute approximate surface area is 219 Å². The number of rotatable bonds is 3. The van der Waals surface area contributed by atoms with Gasteiger partial charge in [0.05, 0.1) is 11.1 Å². The normalized spacial score (nSPS) is 20.3. The van der Waals surface area contributed by atoms with Gasteiger partial charge in [0.25, 0.3) is 0 Å². The minimum absolute atomic E-state index is 0.0685. The summed E-state index contributed by atoms with van der Waals surface area (Å²) in [5.41, 5.74) is 2.01. The summed E-state index contributed by atoms with van der Waals surface area (Å²) in [5, 5.41) is 0.385. The first-order chi connectivity index (χ1) is 17.5. The molecule has 0 bridgehead atoms. The van der Waals surface area contributed by atoms with Crippen LogP contribution in [0, 0.1) is 6.92 Å². The summed E-state index contributed by atoms with van der Waals surface area (Å²) in [7, 11) is 0. The van der Waals surface area contributed by atoms with Crippen LogP contribution in [-0.2, 0) is 12.7 Å². The molecule has 0 aliphatic carbocycles. The highest BCUT2D eigenvalue weighted by Crippen LogP contribution is 2.48. The Bertz CT molecular complexity index is 1420. The number of hydrogen-bond donors (Lipinski definition) is 0. The van der Waals surface area contributed by atoms with E-state index >= 15 is 0 Å². The SMILES string of the molecule is C=C(C)N1C(C)CN(c2nc(=O)n3c4c(c(-c5ccc(C)cc5)c(C(F)(F)F)cc24)SCCC3)CC1C. The van der Waals surface area contributed by atoms with E-state index in [1.807, 2.05) is 30.9 Å². The van der Waals surface area contributed by atoms with Crippen LogP contribution in [-0.4, -0.2) is 45.4 Å². The summed E-state index contributed by atoms with van der Waals surface area (Å²) in [4.78, 5) is 22.4. The molecule has 2 unspecified atom stereocenters. The lowest BCUT2D eigenvalue weighted by atomic mass is 9.95. The predicted octanol–water partition coefficient (Wildman–Crippen LogP) is 6.32. The zero-order valence-corrected chi connectivity index (χ0v) is 22.3. The average Bonchev–Trinajstić information content (AvgIpc) is 3.04. The molecule has 0 N–H and O–H groups in total. The number of halogens is 3. The van der Waals surface area contributed by atoms with Crippen LogP contribution in [0.5, 0.6) is 0 Å². The van der Waals surface area contributed by atoms with Gasteiger partial charge in [0.15, 0.2) is 0 Å². The van der Waals surface area contributed by atoms with Gasteiger partial charge < -0.3 is 9.80 Å². The quantitative estimate of drug-likeness (QED) is 0.398. The van der Waals surface area contributed by atoms with Crippen molar-refractivity contribution in [3.05, 3.63) is 64.2 Å². The molecule has 2 atom stereocenters. The fourth-order valence-corrected chi connectivity index (χ4v) is 7.06. The van der Waals surface area contributed by atoms with Crippen molar-refractivity contribution in [1.29, 1.82) is 0 Å². The molecule has 5 nitrogen and oxygen atoms in total. The van der Waals surface area contributed by atoms with Crippen LogP contribution < -0.4 is 10.6 Å². The van der Waals surface area contributed by atoms with Gasteiger partial charge >= 0.3 is 11.9 Å². The van der Waals surface area contributed by atoms with Crippen molar-refractivity contribution < 1.29 is 13.2 Å². The van der Waals surface area contributed by atoms with Crippen LogP contribution in [0.25, 0.3) is 22.0 Å². The van der Waals surface area contributed by atoms with Gasteiger partial charge in [-0.15, -0.1) is 11.8 Å². The Balaban J connectivity index is 1.82. The first-order valence-electron chi connectivity index (χ1n) is 12.5. The highest BCUT2D eigenvalue weighted by Gasteiger charge is 2.38. The van der Waals surface area contributed by atoms with Crippen molar-refractivity contribution in [1.82, 2.24) is 14.5 Å². The second-order valence-electron chi connectivity index (χ2n) is 10.2. The summed E-state index contributed by atoms with van der Waals surface area (Å²) >= 11 is 1.40. The third kappa shape index (κ3) is 4.51. The smallest absolute Gasteiger partial charge is 0.367 e. The van der Waals surface area contributed by atoms with E-state index in [2.05, 4.69) is 30.3 Å². The van der Waals surface area contributed by atoms with E-state index in [0.717, 1.165) is 11.3 Å². The lowest BCUT2D eigenvalue weighted by Crippen LogP contribution is -2.56. The van der Waals surface area contributed by atoms with Crippen LogP contribution >= 0.6 is 11.8 Å². The molecule has 5 rings (SSSR count). The third-order valence-corrected chi connectivity index (χ3v) is 8.45. The van der Waals surface area contributed by atoms with Gasteiger partial charge in [-0.05, 0) is 51.5 Å². The first kappa shape index (κ1) is 25.7. The number of allylic oxidation sites excluding steroid dienone is 1. The van der Waals surface area contributed by atoms with E-state index in [9.17, 15) is 18.0 Å². The average molecular weight is 529 g/mol. The van der Waals surface area contributed by atoms with Crippen molar-refractivity contribution in [3.8, 4) is 11.1 Å². The molecule has 0 spiro atoms. The molecule has 196 valence electrons. The third-order valence-electron chi connectivity index (χ3n) is 7.28. The zero-order chi connectivity index (χ0) is 26.6. The lowest BCUT2D eigenvalue weighted by molar-refractivity contribution is -0.137. The number of anilines is 1. The molecule has 0 amide bonds. The lowest BCUT2D eigenvalue weighted by Gasteiger charge is -2.46. The summed E-state index contributed by atoms with van der Waals surface area (Å²) in [6.45, 7) is 13.6. The molecule has 1 saturated heterocycles. The van der Waals surface area contributed by atoms with Gasteiger partial charge in [-0.2, -0.15) is 18.2 Å². The monoisotopic (exact) mass is 528 g/mol. The molecule has 37 heavy (non-hydrogen) atoms. The van der Waals surface area contributed by atoms with Crippen LogP contribution in [0.2, 0.25) is 0 Å². The van der Waals surface area contributed by atoms with Crippen LogP contribution in [0.15, 0.2) is 52.3 Å². The van der Waals surface area contributed by atoms with Gasteiger partial charge in [0.2, 0.25) is 0 Å². The maximum absolute atomic E-state index is 14.7. The summed E-state index contributed by atoms with van der Waals surface area (Å²) in [6, 6.07) is 8.47. The van der Waals surface area contributed by atoms with Crippen molar-refractivity contribution >= 4 is 28.5 Å². The first-order valence-corrected chi connectivity index (χ1v) is 13.5. The Morgan fingerprint density at radius 2 is 1.78 bits per heavy atom. The molecule has 3 aromatic rings. The Morgan fingerprint density at radius 3 is 2.38 bits per heavy atom. The molecule has 9 heteroatoms. The number of thioether (sulfide) groups is 1. The Kier molecular flexibility index (Phi) is 6.54. The fourth-order valence-electron chi connectivity index (χ4n) is 5.86. The number of aromatic nitrogens is 2.